The van der Waals surface area contributed by atoms with Crippen molar-refractivity contribution in [3.05, 3.63) is 81.6 Å². The second-order valence-electron chi connectivity index (χ2n) is 11.3. The van der Waals surface area contributed by atoms with E-state index in [1.807, 2.05) is 13.8 Å². The first-order valence-electron chi connectivity index (χ1n) is 14.2. The van der Waals surface area contributed by atoms with Crippen LogP contribution in [0.1, 0.15) is 53.6 Å². The number of imidazole rings is 1. The lowest BCUT2D eigenvalue weighted by Crippen LogP contribution is -2.27. The summed E-state index contributed by atoms with van der Waals surface area (Å²) in [5.41, 5.74) is -0.949. The largest absolute Gasteiger partial charge is 0.478 e. The van der Waals surface area contributed by atoms with Gasteiger partial charge in [0.05, 0.1) is 48.2 Å². The topological polar surface area (TPSA) is 121 Å². The third-order valence-corrected chi connectivity index (χ3v) is 8.51. The van der Waals surface area contributed by atoms with Gasteiger partial charge in [0.1, 0.15) is 18.2 Å². The van der Waals surface area contributed by atoms with Crippen molar-refractivity contribution in [2.75, 3.05) is 19.8 Å². The third-order valence-electron chi connectivity index (χ3n) is 7.70. The number of hydrogen-bond donors (Lipinski definition) is 1. The number of aromatic carboxylic acids is 1. The lowest BCUT2D eigenvalue weighted by molar-refractivity contribution is 0.0697. The molecule has 1 atom stereocenters. The summed E-state index contributed by atoms with van der Waals surface area (Å²) < 4.78 is 79.5. The number of carboxylic acids is 1. The minimum absolute atomic E-state index is 0.0124. The fraction of sp³-hybridized carbons (Fsp3) is 0.323. The molecule has 1 aliphatic heterocycles. The van der Waals surface area contributed by atoms with Crippen LogP contribution >= 0.6 is 11.3 Å². The summed E-state index contributed by atoms with van der Waals surface area (Å²) >= 11 is 1.08. The maximum Gasteiger partial charge on any atom is 0.335 e. The molecule has 1 N–H and O–H groups in total. The van der Waals surface area contributed by atoms with Crippen LogP contribution in [0.2, 0.25) is 0 Å². The molecule has 0 bridgehead atoms. The summed E-state index contributed by atoms with van der Waals surface area (Å²) in [5, 5.41) is 17.9. The van der Waals surface area contributed by atoms with E-state index in [1.165, 1.54) is 18.2 Å². The van der Waals surface area contributed by atoms with Crippen molar-refractivity contribution in [2.24, 2.45) is 5.41 Å². The van der Waals surface area contributed by atoms with Gasteiger partial charge in [0, 0.05) is 23.0 Å². The van der Waals surface area contributed by atoms with E-state index in [-0.39, 0.29) is 36.3 Å². The summed E-state index contributed by atoms with van der Waals surface area (Å²) in [5.74, 6) is -6.28. The van der Waals surface area contributed by atoms with E-state index in [2.05, 4.69) is 20.2 Å². The molecule has 3 aromatic heterocycles. The van der Waals surface area contributed by atoms with E-state index in [1.54, 1.807) is 11.5 Å². The van der Waals surface area contributed by atoms with E-state index >= 15 is 13.2 Å². The number of hydrogen-bond acceptors (Lipinski definition) is 9. The Labute approximate surface area is 263 Å². The Hall–Kier alpha value is -4.63. The smallest absolute Gasteiger partial charge is 0.335 e. The van der Waals surface area contributed by atoms with Crippen LogP contribution in [-0.2, 0) is 17.8 Å². The first-order chi connectivity index (χ1) is 22.0. The molecule has 240 valence electrons. The van der Waals surface area contributed by atoms with Gasteiger partial charge in [0.15, 0.2) is 22.5 Å². The molecule has 2 aromatic carbocycles. The van der Waals surface area contributed by atoms with E-state index in [9.17, 15) is 14.3 Å². The molecule has 15 heteroatoms. The Morgan fingerprint density at radius 2 is 1.87 bits per heavy atom. The number of halogens is 4. The van der Waals surface area contributed by atoms with Gasteiger partial charge < -0.3 is 23.9 Å². The van der Waals surface area contributed by atoms with E-state index in [0.717, 1.165) is 29.5 Å². The van der Waals surface area contributed by atoms with E-state index in [4.69, 9.17) is 14.2 Å². The monoisotopic (exact) mass is 657 g/mol. The van der Waals surface area contributed by atoms with E-state index < -0.39 is 58.1 Å². The van der Waals surface area contributed by atoms with Gasteiger partial charge in [-0.05, 0) is 43.3 Å². The number of nitrogens with zero attached hydrogens (tertiary/aromatic N) is 5. The van der Waals surface area contributed by atoms with Gasteiger partial charge in [-0.1, -0.05) is 30.3 Å². The van der Waals surface area contributed by atoms with Gasteiger partial charge in [0.2, 0.25) is 0 Å². The fourth-order valence-corrected chi connectivity index (χ4v) is 6.01. The molecule has 46 heavy (non-hydrogen) atoms. The highest BCUT2D eigenvalue weighted by atomic mass is 32.1. The molecule has 10 nitrogen and oxygen atoms in total. The molecule has 4 heterocycles. The molecule has 1 aliphatic rings. The Kier molecular flexibility index (Phi) is 8.37. The van der Waals surface area contributed by atoms with Crippen LogP contribution in [0.25, 0.3) is 22.3 Å². The van der Waals surface area contributed by atoms with Crippen molar-refractivity contribution in [3.63, 3.8) is 0 Å². The Bertz CT molecular complexity index is 1960. The highest BCUT2D eigenvalue weighted by molar-refractivity contribution is 7.13. The number of ether oxygens (including phenoxy) is 3. The summed E-state index contributed by atoms with van der Waals surface area (Å²) in [6, 6.07) is 6.82. The van der Waals surface area contributed by atoms with Gasteiger partial charge in [-0.25, -0.2) is 32.3 Å². The number of aromatic nitrogens is 5. The Morgan fingerprint density at radius 1 is 1.07 bits per heavy atom. The number of pyridine rings is 1. The van der Waals surface area contributed by atoms with E-state index in [0.29, 0.717) is 34.4 Å². The van der Waals surface area contributed by atoms with Gasteiger partial charge in [-0.3, -0.25) is 0 Å². The van der Waals surface area contributed by atoms with Crippen LogP contribution in [0.3, 0.4) is 0 Å². The highest BCUT2D eigenvalue weighted by Gasteiger charge is 2.39. The maximum absolute atomic E-state index is 15.7. The summed E-state index contributed by atoms with van der Waals surface area (Å²) in [6.45, 7) is 6.50. The zero-order valence-electron chi connectivity index (χ0n) is 24.8. The molecule has 0 radical (unpaired) electrons. The van der Waals surface area contributed by atoms with Crippen LogP contribution in [0.15, 0.2) is 36.4 Å². The lowest BCUT2D eigenvalue weighted by atomic mass is 9.87. The number of fused-ring (bicyclic) bond motifs is 1. The minimum atomic E-state index is -1.47. The van der Waals surface area contributed by atoms with Crippen LogP contribution in [-0.4, -0.2) is 55.6 Å². The second kappa shape index (κ2) is 12.3. The van der Waals surface area contributed by atoms with Crippen molar-refractivity contribution in [3.8, 4) is 22.3 Å². The van der Waals surface area contributed by atoms with Crippen LogP contribution in [0.4, 0.5) is 17.6 Å². The predicted molar refractivity (Wildman–Crippen MR) is 158 cm³/mol. The minimum Gasteiger partial charge on any atom is -0.478 e. The van der Waals surface area contributed by atoms with Crippen molar-refractivity contribution in [1.82, 2.24) is 24.7 Å². The van der Waals surface area contributed by atoms with Crippen molar-refractivity contribution in [1.29, 1.82) is 0 Å². The standard InChI is InChI=1S/C31H27F4N5O5S/c1-4-44-30-39-38-25(46-30)13-45-28-18(32)6-8-20(37-28)17-10-19(33)16(26(34)27(17)35)11-24-36-21-7-5-15(29(41)42)9-22(21)40(24)23-12-43-14-31(23,2)3/h5-10,23H,4,11-14H2,1-3H3,(H,41,42)/t23-/m1/s1. The van der Waals surface area contributed by atoms with Gasteiger partial charge in [0.25, 0.3) is 11.1 Å². The fourth-order valence-electron chi connectivity index (χ4n) is 5.35. The normalized spacial score (nSPS) is 15.8. The predicted octanol–water partition coefficient (Wildman–Crippen LogP) is 6.37. The van der Waals surface area contributed by atoms with Crippen molar-refractivity contribution in [2.45, 2.75) is 39.8 Å². The zero-order chi connectivity index (χ0) is 32.7. The third kappa shape index (κ3) is 5.87. The molecular weight excluding hydrogens is 630 g/mol. The molecule has 0 aliphatic carbocycles. The maximum atomic E-state index is 15.7. The zero-order valence-corrected chi connectivity index (χ0v) is 25.6. The number of carboxylic acid groups (broad SMARTS) is 1. The number of benzene rings is 2. The molecule has 0 saturated carbocycles. The van der Waals surface area contributed by atoms with Gasteiger partial charge >= 0.3 is 5.97 Å². The molecule has 5 aromatic rings. The van der Waals surface area contributed by atoms with Gasteiger partial charge in [-0.15, -0.1) is 5.10 Å². The Morgan fingerprint density at radius 3 is 2.59 bits per heavy atom. The molecule has 1 saturated heterocycles. The molecule has 0 amide bonds. The molecular formula is C31H27F4N5O5S. The van der Waals surface area contributed by atoms with Gasteiger partial charge in [-0.2, -0.15) is 0 Å². The molecule has 0 unspecified atom stereocenters. The number of carbonyl (C=O) groups is 1. The molecule has 1 fully saturated rings. The highest BCUT2D eigenvalue weighted by Crippen LogP contribution is 2.41. The summed E-state index contributed by atoms with van der Waals surface area (Å²) in [6.07, 6.45) is -0.449. The SMILES string of the molecule is CCOc1nnc(COc2nc(-c3cc(F)c(Cc4nc5ccc(C(=O)O)cc5n4[C@@H]4COCC4(C)C)c(F)c3F)ccc2F)s1. The Balaban J connectivity index is 1.34. The summed E-state index contributed by atoms with van der Waals surface area (Å²) in [7, 11) is 0. The first-order valence-corrected chi connectivity index (χ1v) is 15.0. The summed E-state index contributed by atoms with van der Waals surface area (Å²) in [4.78, 5) is 20.2. The average Bonchev–Trinajstić information content (AvgIpc) is 3.72. The quantitative estimate of drug-likeness (QED) is 0.135. The lowest BCUT2D eigenvalue weighted by Gasteiger charge is -2.28. The van der Waals surface area contributed by atoms with Crippen LogP contribution in [0.5, 0.6) is 11.1 Å². The molecule has 0 spiro atoms. The molecule has 6 rings (SSSR count). The number of rotatable bonds is 10. The second-order valence-corrected chi connectivity index (χ2v) is 12.3. The van der Waals surface area contributed by atoms with Crippen LogP contribution in [0, 0.1) is 28.7 Å². The first kappa shape index (κ1) is 31.4. The average molecular weight is 658 g/mol. The van der Waals surface area contributed by atoms with Crippen LogP contribution < -0.4 is 9.47 Å². The van der Waals surface area contributed by atoms with Crippen molar-refractivity contribution < 1.29 is 41.7 Å². The van der Waals surface area contributed by atoms with Crippen molar-refractivity contribution >= 4 is 28.3 Å².